The highest BCUT2D eigenvalue weighted by Crippen LogP contribution is 2.21. The van der Waals surface area contributed by atoms with Crippen molar-refractivity contribution < 1.29 is 9.59 Å². The molecule has 0 radical (unpaired) electrons. The van der Waals surface area contributed by atoms with Gasteiger partial charge in [0.1, 0.15) is 6.04 Å². The van der Waals surface area contributed by atoms with Crippen LogP contribution in [-0.2, 0) is 22.6 Å². The van der Waals surface area contributed by atoms with Crippen molar-refractivity contribution in [2.75, 3.05) is 0 Å². The topological polar surface area (TPSA) is 49.4 Å². The molecule has 1 N–H and O–H groups in total. The summed E-state index contributed by atoms with van der Waals surface area (Å²) in [5.41, 5.74) is 3.35. The highest BCUT2D eigenvalue weighted by molar-refractivity contribution is 5.89. The number of hydrogen-bond acceptors (Lipinski definition) is 2. The molecule has 4 heteroatoms. The number of fused-ring (bicyclic) bond motifs is 1. The fraction of sp³-hybridized carbons (Fsp3) is 0.357. The van der Waals surface area contributed by atoms with E-state index in [9.17, 15) is 9.59 Å². The third-order valence-corrected chi connectivity index (χ3v) is 6.13. The van der Waals surface area contributed by atoms with Crippen molar-refractivity contribution in [1.82, 2.24) is 10.2 Å². The maximum atomic E-state index is 13.4. The van der Waals surface area contributed by atoms with Crippen molar-refractivity contribution in [3.63, 3.8) is 0 Å². The van der Waals surface area contributed by atoms with Crippen molar-refractivity contribution in [1.29, 1.82) is 0 Å². The summed E-state index contributed by atoms with van der Waals surface area (Å²) in [6.07, 6.45) is 1.86. The molecule has 0 unspecified atom stereocenters. The van der Waals surface area contributed by atoms with Gasteiger partial charge in [-0.3, -0.25) is 9.59 Å². The van der Waals surface area contributed by atoms with Crippen molar-refractivity contribution in [2.45, 2.75) is 65.6 Å². The lowest BCUT2D eigenvalue weighted by molar-refractivity contribution is -0.140. The number of nitrogens with one attached hydrogen (secondary N) is 1. The molecule has 0 bridgehead atoms. The second kappa shape index (κ2) is 10.9. The van der Waals surface area contributed by atoms with Gasteiger partial charge in [-0.1, -0.05) is 79.2 Å². The normalized spacial score (nSPS) is 12.9. The quantitative estimate of drug-likeness (QED) is 0.493. The van der Waals surface area contributed by atoms with E-state index in [1.54, 1.807) is 4.90 Å². The van der Waals surface area contributed by atoms with Crippen LogP contribution in [0.4, 0.5) is 0 Å². The average Bonchev–Trinajstić information content (AvgIpc) is 2.81. The first-order chi connectivity index (χ1) is 15.4. The Labute approximate surface area is 191 Å². The van der Waals surface area contributed by atoms with Gasteiger partial charge in [-0.05, 0) is 55.5 Å². The molecule has 0 aliphatic heterocycles. The predicted molar refractivity (Wildman–Crippen MR) is 131 cm³/mol. The maximum Gasteiger partial charge on any atom is 0.242 e. The molecule has 0 fully saturated rings. The summed E-state index contributed by atoms with van der Waals surface area (Å²) in [4.78, 5) is 27.9. The van der Waals surface area contributed by atoms with Gasteiger partial charge in [0.05, 0.1) is 0 Å². The molecule has 3 aromatic rings. The van der Waals surface area contributed by atoms with E-state index < -0.39 is 6.04 Å². The molecule has 0 heterocycles. The lowest BCUT2D eigenvalue weighted by Gasteiger charge is -2.30. The molecule has 0 saturated carbocycles. The first-order valence-electron chi connectivity index (χ1n) is 11.5. The number of nitrogens with zero attached hydrogens (tertiary/aromatic N) is 1. The third kappa shape index (κ3) is 5.97. The fourth-order valence-corrected chi connectivity index (χ4v) is 3.83. The summed E-state index contributed by atoms with van der Waals surface area (Å²) in [6.45, 7) is 8.30. The Morgan fingerprint density at radius 2 is 1.62 bits per heavy atom. The zero-order valence-corrected chi connectivity index (χ0v) is 19.6. The molecule has 2 amide bonds. The van der Waals surface area contributed by atoms with Gasteiger partial charge in [0.2, 0.25) is 11.8 Å². The van der Waals surface area contributed by atoms with Gasteiger partial charge >= 0.3 is 0 Å². The molecular formula is C28H34N2O2. The van der Waals surface area contributed by atoms with E-state index in [4.69, 9.17) is 0 Å². The van der Waals surface area contributed by atoms with Crippen LogP contribution in [-0.4, -0.2) is 28.8 Å². The number of carbonyl (C=O) groups excluding carboxylic acids is 2. The molecule has 32 heavy (non-hydrogen) atoms. The van der Waals surface area contributed by atoms with Gasteiger partial charge in [-0.2, -0.15) is 0 Å². The van der Waals surface area contributed by atoms with E-state index in [1.165, 1.54) is 16.3 Å². The highest BCUT2D eigenvalue weighted by atomic mass is 16.2. The van der Waals surface area contributed by atoms with Crippen molar-refractivity contribution in [2.24, 2.45) is 0 Å². The average molecular weight is 431 g/mol. The van der Waals surface area contributed by atoms with Crippen LogP contribution in [0.25, 0.3) is 10.8 Å². The number of benzene rings is 3. The monoisotopic (exact) mass is 430 g/mol. The number of rotatable bonds is 9. The smallest absolute Gasteiger partial charge is 0.242 e. The van der Waals surface area contributed by atoms with Gasteiger partial charge in [0, 0.05) is 19.0 Å². The predicted octanol–water partition coefficient (Wildman–Crippen LogP) is 5.41. The van der Waals surface area contributed by atoms with Crippen LogP contribution in [0.1, 0.15) is 50.3 Å². The van der Waals surface area contributed by atoms with Crippen LogP contribution in [0.15, 0.2) is 66.7 Å². The van der Waals surface area contributed by atoms with E-state index in [1.807, 2.05) is 70.2 Å². The SMILES string of the molecule is CC[C@H](C)NC(=O)[C@@H](C)N(Cc1ccc(C)cc1)C(=O)CCc1cccc2ccccc12. The van der Waals surface area contributed by atoms with Gasteiger partial charge in [0.25, 0.3) is 0 Å². The second-order valence-corrected chi connectivity index (χ2v) is 8.64. The third-order valence-electron chi connectivity index (χ3n) is 6.13. The summed E-state index contributed by atoms with van der Waals surface area (Å²) >= 11 is 0. The van der Waals surface area contributed by atoms with Crippen molar-refractivity contribution in [3.05, 3.63) is 83.4 Å². The molecule has 0 aliphatic rings. The Balaban J connectivity index is 1.78. The molecule has 3 rings (SSSR count). The first kappa shape index (κ1) is 23.5. The van der Waals surface area contributed by atoms with Gasteiger partial charge < -0.3 is 10.2 Å². The van der Waals surface area contributed by atoms with Crippen molar-refractivity contribution >= 4 is 22.6 Å². The minimum Gasteiger partial charge on any atom is -0.352 e. The lowest BCUT2D eigenvalue weighted by Crippen LogP contribution is -2.49. The largest absolute Gasteiger partial charge is 0.352 e. The van der Waals surface area contributed by atoms with Crippen LogP contribution >= 0.6 is 0 Å². The van der Waals surface area contributed by atoms with Crippen LogP contribution < -0.4 is 5.32 Å². The second-order valence-electron chi connectivity index (χ2n) is 8.64. The van der Waals surface area contributed by atoms with Gasteiger partial charge in [-0.25, -0.2) is 0 Å². The summed E-state index contributed by atoms with van der Waals surface area (Å²) in [7, 11) is 0. The summed E-state index contributed by atoms with van der Waals surface area (Å²) in [5.74, 6) is -0.115. The van der Waals surface area contributed by atoms with E-state index in [2.05, 4.69) is 29.6 Å². The van der Waals surface area contributed by atoms with E-state index in [0.717, 1.165) is 17.5 Å². The molecule has 2 atom stereocenters. The zero-order chi connectivity index (χ0) is 23.1. The summed E-state index contributed by atoms with van der Waals surface area (Å²) < 4.78 is 0. The Morgan fingerprint density at radius 3 is 2.34 bits per heavy atom. The van der Waals surface area contributed by atoms with E-state index in [-0.39, 0.29) is 17.9 Å². The number of amides is 2. The number of hydrogen-bond donors (Lipinski definition) is 1. The van der Waals surface area contributed by atoms with Crippen LogP contribution in [0, 0.1) is 6.92 Å². The lowest BCUT2D eigenvalue weighted by atomic mass is 10.0. The molecule has 4 nitrogen and oxygen atoms in total. The first-order valence-corrected chi connectivity index (χ1v) is 11.5. The van der Waals surface area contributed by atoms with Crippen LogP contribution in [0.2, 0.25) is 0 Å². The standard InChI is InChI=1S/C28H34N2O2/c1-5-21(3)29-28(32)22(4)30(19-23-15-13-20(2)14-16-23)27(31)18-17-25-11-8-10-24-9-6-7-12-26(24)25/h6-16,21-22H,5,17-19H2,1-4H3,(H,29,32)/t21-,22+/m0/s1. The molecule has 0 spiro atoms. The number of aryl methyl sites for hydroxylation is 2. The Bertz CT molecular complexity index is 1050. The van der Waals surface area contributed by atoms with E-state index >= 15 is 0 Å². The fourth-order valence-electron chi connectivity index (χ4n) is 3.83. The highest BCUT2D eigenvalue weighted by Gasteiger charge is 2.26. The minimum absolute atomic E-state index is 0.00897. The Morgan fingerprint density at radius 1 is 0.938 bits per heavy atom. The van der Waals surface area contributed by atoms with Gasteiger partial charge in [0.15, 0.2) is 0 Å². The number of carbonyl (C=O) groups is 2. The van der Waals surface area contributed by atoms with Crippen LogP contribution in [0.3, 0.4) is 0 Å². The van der Waals surface area contributed by atoms with Crippen molar-refractivity contribution in [3.8, 4) is 0 Å². The maximum absolute atomic E-state index is 13.4. The molecule has 3 aromatic carbocycles. The molecular weight excluding hydrogens is 396 g/mol. The summed E-state index contributed by atoms with van der Waals surface area (Å²) in [5, 5.41) is 5.38. The summed E-state index contributed by atoms with van der Waals surface area (Å²) in [6, 6.07) is 22.1. The molecule has 0 aliphatic carbocycles. The molecule has 0 saturated heterocycles. The minimum atomic E-state index is -0.537. The molecule has 168 valence electrons. The Kier molecular flexibility index (Phi) is 8.04. The van der Waals surface area contributed by atoms with Gasteiger partial charge in [-0.15, -0.1) is 0 Å². The van der Waals surface area contributed by atoms with E-state index in [0.29, 0.717) is 19.4 Å². The molecule has 0 aromatic heterocycles. The zero-order valence-electron chi connectivity index (χ0n) is 19.6. The van der Waals surface area contributed by atoms with Crippen LogP contribution in [0.5, 0.6) is 0 Å². The Hall–Kier alpha value is -3.14.